The fourth-order valence-electron chi connectivity index (χ4n) is 9.19. The maximum atomic E-state index is 13.2. The maximum absolute atomic E-state index is 13.2. The minimum Gasteiger partial charge on any atom is -0.459 e. The van der Waals surface area contributed by atoms with E-state index in [-0.39, 0.29) is 43.3 Å². The van der Waals surface area contributed by atoms with E-state index in [9.17, 15) is 35.1 Å². The molecule has 0 amide bonds. The number of hydrogen-bond donors (Lipinski definition) is 5. The van der Waals surface area contributed by atoms with Crippen molar-refractivity contribution in [1.29, 1.82) is 0 Å². The van der Waals surface area contributed by atoms with Crippen molar-refractivity contribution in [2.75, 3.05) is 0 Å². The smallest absolute Gasteiger partial charge is 0.309 e. The highest BCUT2D eigenvalue weighted by Gasteiger charge is 2.79. The summed E-state index contributed by atoms with van der Waals surface area (Å²) in [6, 6.07) is 0. The molecule has 0 bridgehead atoms. The van der Waals surface area contributed by atoms with Gasteiger partial charge in [-0.25, -0.2) is 0 Å². The van der Waals surface area contributed by atoms with Gasteiger partial charge in [-0.05, 0) is 82.6 Å². The number of ketones is 1. The number of carbonyl (C=O) groups is 2. The van der Waals surface area contributed by atoms with Crippen molar-refractivity contribution < 1.29 is 39.9 Å². The molecular formula is C28H42O8. The number of allylic oxidation sites excluding steroid dienone is 1. The maximum Gasteiger partial charge on any atom is 0.309 e. The summed E-state index contributed by atoms with van der Waals surface area (Å²) in [7, 11) is 0. The van der Waals surface area contributed by atoms with Gasteiger partial charge < -0.3 is 30.3 Å². The van der Waals surface area contributed by atoms with Crippen LogP contribution >= 0.6 is 0 Å². The topological polar surface area (TPSA) is 145 Å². The zero-order chi connectivity index (χ0) is 26.7. The molecule has 202 valence electrons. The number of hydrogen-bond acceptors (Lipinski definition) is 8. The molecule has 0 aromatic rings. The zero-order valence-corrected chi connectivity index (χ0v) is 22.0. The lowest BCUT2D eigenvalue weighted by atomic mass is 9.41. The molecule has 12 atom stereocenters. The first-order valence-corrected chi connectivity index (χ1v) is 13.5. The normalized spacial score (nSPS) is 56.3. The number of cyclic esters (lactones) is 1. The molecule has 1 saturated heterocycles. The lowest BCUT2D eigenvalue weighted by molar-refractivity contribution is -0.303. The number of fused-ring (bicyclic) bond motifs is 5. The van der Waals surface area contributed by atoms with Crippen LogP contribution in [0.2, 0.25) is 0 Å². The quantitative estimate of drug-likeness (QED) is 0.356. The molecule has 5 rings (SSSR count). The van der Waals surface area contributed by atoms with Crippen LogP contribution in [0.25, 0.3) is 0 Å². The Bertz CT molecular complexity index is 1010. The number of esters is 1. The van der Waals surface area contributed by atoms with Crippen molar-refractivity contribution in [3.63, 3.8) is 0 Å². The third-order valence-corrected chi connectivity index (χ3v) is 12.2. The molecule has 5 N–H and O–H groups in total. The Labute approximate surface area is 212 Å². The summed E-state index contributed by atoms with van der Waals surface area (Å²) in [5.41, 5.74) is -9.19. The van der Waals surface area contributed by atoms with Gasteiger partial charge >= 0.3 is 5.97 Å². The van der Waals surface area contributed by atoms with E-state index in [1.165, 1.54) is 13.0 Å². The number of ether oxygens (including phenoxy) is 1. The summed E-state index contributed by atoms with van der Waals surface area (Å²) >= 11 is 0. The Hall–Kier alpha value is -1.32. The standard InChI is InChI=1S/C28H42O8/c1-15-13-21(36-22(31)16(15)2)25(5,32)28(35)12-11-26(33)18-14-20(30)27(34)9-6-7-19(29)24(27,4)17(18)8-10-23(26,28)3/h6-7,15-18,20-21,30,32-35H,8-14H2,1-5H3/t15-,16+,17-,18+,20+,21+,23-,24-,25-,26+,27-,28-/m0/s1. The van der Waals surface area contributed by atoms with Crippen molar-refractivity contribution in [2.24, 2.45) is 34.5 Å². The van der Waals surface area contributed by atoms with Crippen LogP contribution in [0.5, 0.6) is 0 Å². The predicted molar refractivity (Wildman–Crippen MR) is 129 cm³/mol. The van der Waals surface area contributed by atoms with E-state index in [1.807, 2.05) is 6.92 Å². The highest BCUT2D eigenvalue weighted by molar-refractivity contribution is 5.97. The minimum atomic E-state index is -1.83. The molecular weight excluding hydrogens is 464 g/mol. The summed E-state index contributed by atoms with van der Waals surface area (Å²) in [4.78, 5) is 25.7. The van der Waals surface area contributed by atoms with Gasteiger partial charge in [-0.1, -0.05) is 26.8 Å². The van der Waals surface area contributed by atoms with Gasteiger partial charge in [0, 0.05) is 5.41 Å². The van der Waals surface area contributed by atoms with Crippen molar-refractivity contribution in [1.82, 2.24) is 0 Å². The second-order valence-corrected chi connectivity index (χ2v) is 13.3. The third-order valence-electron chi connectivity index (χ3n) is 12.2. The van der Waals surface area contributed by atoms with Crippen molar-refractivity contribution in [2.45, 2.75) is 114 Å². The lowest BCUT2D eigenvalue weighted by Gasteiger charge is -2.66. The predicted octanol–water partition coefficient (Wildman–Crippen LogP) is 1.64. The fraction of sp³-hybridized carbons (Fsp3) is 0.857. The van der Waals surface area contributed by atoms with E-state index >= 15 is 0 Å². The van der Waals surface area contributed by atoms with E-state index in [0.717, 1.165) is 0 Å². The van der Waals surface area contributed by atoms with Gasteiger partial charge in [0.2, 0.25) is 0 Å². The Kier molecular flexibility index (Phi) is 5.57. The van der Waals surface area contributed by atoms with Gasteiger partial charge in [0.05, 0.1) is 23.0 Å². The first-order chi connectivity index (χ1) is 16.5. The molecule has 0 spiro atoms. The Morgan fingerprint density at radius 2 is 1.67 bits per heavy atom. The second-order valence-electron chi connectivity index (χ2n) is 13.3. The average Bonchev–Trinajstić information content (AvgIpc) is 3.03. The second kappa shape index (κ2) is 7.63. The van der Waals surface area contributed by atoms with E-state index in [2.05, 4.69) is 0 Å². The van der Waals surface area contributed by atoms with E-state index < -0.39 is 63.2 Å². The third kappa shape index (κ3) is 2.78. The molecule has 0 aromatic carbocycles. The van der Waals surface area contributed by atoms with Crippen LogP contribution in [0, 0.1) is 34.5 Å². The molecule has 1 heterocycles. The minimum absolute atomic E-state index is 0.0355. The molecule has 8 nitrogen and oxygen atoms in total. The summed E-state index contributed by atoms with van der Waals surface area (Å²) in [6.45, 7) is 8.70. The molecule has 0 radical (unpaired) electrons. The Morgan fingerprint density at radius 3 is 2.31 bits per heavy atom. The molecule has 8 heteroatoms. The summed E-state index contributed by atoms with van der Waals surface area (Å²) in [5.74, 6) is -1.96. The van der Waals surface area contributed by atoms with Crippen LogP contribution in [0.1, 0.15) is 79.6 Å². The van der Waals surface area contributed by atoms with Crippen LogP contribution in [-0.4, -0.2) is 71.9 Å². The van der Waals surface area contributed by atoms with E-state index in [4.69, 9.17) is 4.74 Å². The SMILES string of the molecule is C[C@H]1C[C@H]([C@](C)(O)[C@]2(O)CC[C@@]3(O)[C@@H]4C[C@@H](O)[C@@]5(O)CC=CC(=O)[C@]5(C)[C@H]4CC[C@]23C)OC(=O)[C@@H]1C. The van der Waals surface area contributed by atoms with E-state index in [1.54, 1.807) is 26.8 Å². The van der Waals surface area contributed by atoms with Crippen LogP contribution in [-0.2, 0) is 14.3 Å². The molecule has 36 heavy (non-hydrogen) atoms. The van der Waals surface area contributed by atoms with Crippen LogP contribution in [0.4, 0.5) is 0 Å². The van der Waals surface area contributed by atoms with Gasteiger partial charge in [-0.2, -0.15) is 0 Å². The first kappa shape index (κ1) is 26.3. The highest BCUT2D eigenvalue weighted by atomic mass is 16.6. The first-order valence-electron chi connectivity index (χ1n) is 13.5. The summed E-state index contributed by atoms with van der Waals surface area (Å²) < 4.78 is 5.65. The van der Waals surface area contributed by atoms with Crippen LogP contribution in [0.3, 0.4) is 0 Å². The van der Waals surface area contributed by atoms with Gasteiger partial charge in [0.25, 0.3) is 0 Å². The Balaban J connectivity index is 1.54. The molecule has 0 aromatic heterocycles. The number of aliphatic hydroxyl groups is 5. The van der Waals surface area contributed by atoms with Crippen molar-refractivity contribution in [3.8, 4) is 0 Å². The monoisotopic (exact) mass is 506 g/mol. The highest BCUT2D eigenvalue weighted by Crippen LogP contribution is 2.71. The summed E-state index contributed by atoms with van der Waals surface area (Å²) in [6.07, 6.45) is 2.56. The van der Waals surface area contributed by atoms with Gasteiger partial charge in [-0.3, -0.25) is 9.59 Å². The number of aliphatic hydroxyl groups excluding tert-OH is 1. The van der Waals surface area contributed by atoms with Gasteiger partial charge in [-0.15, -0.1) is 0 Å². The Morgan fingerprint density at radius 1 is 1.00 bits per heavy atom. The molecule has 3 saturated carbocycles. The average molecular weight is 507 g/mol. The lowest BCUT2D eigenvalue weighted by Crippen LogP contribution is -2.75. The number of rotatable bonds is 2. The molecule has 1 aliphatic heterocycles. The molecule has 0 unspecified atom stereocenters. The molecule has 5 aliphatic rings. The van der Waals surface area contributed by atoms with Crippen molar-refractivity contribution >= 4 is 11.8 Å². The summed E-state index contributed by atoms with van der Waals surface area (Å²) in [5, 5.41) is 59.3. The fourth-order valence-corrected chi connectivity index (χ4v) is 9.19. The largest absolute Gasteiger partial charge is 0.459 e. The van der Waals surface area contributed by atoms with E-state index in [0.29, 0.717) is 19.3 Å². The van der Waals surface area contributed by atoms with Crippen LogP contribution < -0.4 is 0 Å². The van der Waals surface area contributed by atoms with Gasteiger partial charge in [0.15, 0.2) is 5.78 Å². The number of carbonyl (C=O) groups excluding carboxylic acids is 2. The molecule has 4 aliphatic carbocycles. The van der Waals surface area contributed by atoms with Crippen molar-refractivity contribution in [3.05, 3.63) is 12.2 Å². The van der Waals surface area contributed by atoms with Gasteiger partial charge in [0.1, 0.15) is 22.9 Å². The van der Waals surface area contributed by atoms with Crippen LogP contribution in [0.15, 0.2) is 12.2 Å². The molecule has 4 fully saturated rings. The zero-order valence-electron chi connectivity index (χ0n) is 22.0.